The Kier molecular flexibility index (Phi) is 12.0. The highest BCUT2D eigenvalue weighted by Crippen LogP contribution is 2.31. The number of fused-ring (bicyclic) bond motifs is 2. The minimum absolute atomic E-state index is 0.149. The maximum atomic E-state index is 13.6. The second-order valence-electron chi connectivity index (χ2n) is 12.2. The van der Waals surface area contributed by atoms with Crippen LogP contribution in [0.25, 0.3) is 10.8 Å². The van der Waals surface area contributed by atoms with E-state index >= 15 is 0 Å². The molecule has 0 aliphatic carbocycles. The van der Waals surface area contributed by atoms with Gasteiger partial charge in [0.15, 0.2) is 0 Å². The number of benzene rings is 4. The summed E-state index contributed by atoms with van der Waals surface area (Å²) in [6.07, 6.45) is 2.45. The number of carbonyl (C=O) groups excluding carboxylic acids is 2. The maximum absolute atomic E-state index is 13.6. The van der Waals surface area contributed by atoms with Crippen LogP contribution in [-0.2, 0) is 32.5 Å². The Morgan fingerprint density at radius 2 is 1.55 bits per heavy atom. The van der Waals surface area contributed by atoms with E-state index in [1.165, 1.54) is 17.2 Å². The molecule has 2 amide bonds. The lowest BCUT2D eigenvalue weighted by Crippen LogP contribution is -2.46. The van der Waals surface area contributed by atoms with Gasteiger partial charge in [0.1, 0.15) is 0 Å². The van der Waals surface area contributed by atoms with Crippen molar-refractivity contribution in [2.45, 2.75) is 50.1 Å². The van der Waals surface area contributed by atoms with Crippen molar-refractivity contribution in [3.05, 3.63) is 107 Å². The molecule has 3 N–H and O–H groups in total. The molecule has 2 heterocycles. The van der Waals surface area contributed by atoms with E-state index in [-0.39, 0.29) is 29.4 Å². The number of nitrogens with one attached hydrogen (secondary N) is 2. The number of ether oxygens (including phenoxy) is 1. The van der Waals surface area contributed by atoms with Gasteiger partial charge < -0.3 is 20.1 Å². The van der Waals surface area contributed by atoms with Gasteiger partial charge in [0, 0.05) is 60.8 Å². The molecule has 2 aliphatic rings. The van der Waals surface area contributed by atoms with Gasteiger partial charge in [-0.25, -0.2) is 17.9 Å². The van der Waals surface area contributed by atoms with Gasteiger partial charge in [0.2, 0.25) is 10.0 Å². The lowest BCUT2D eigenvalue weighted by Gasteiger charge is -2.32. The molecule has 4 aromatic carbocycles. The molecule has 0 bridgehead atoms. The minimum Gasteiger partial charge on any atom is -0.483 e. The molecule has 0 saturated carbocycles. The van der Waals surface area contributed by atoms with Crippen molar-refractivity contribution in [2.24, 2.45) is 0 Å². The van der Waals surface area contributed by atoms with Crippen LogP contribution in [0.3, 0.4) is 0 Å². The highest BCUT2D eigenvalue weighted by molar-refractivity contribution is 7.89. The van der Waals surface area contributed by atoms with Gasteiger partial charge in [-0.2, -0.15) is 0 Å². The van der Waals surface area contributed by atoms with Gasteiger partial charge >= 0.3 is 6.09 Å². The molecule has 6 rings (SSSR count). The van der Waals surface area contributed by atoms with Gasteiger partial charge in [-0.15, -0.1) is 0 Å². The number of nitrogens with zero attached hydrogens (tertiary/aromatic N) is 2. The van der Waals surface area contributed by atoms with E-state index in [4.69, 9.17) is 14.6 Å². The smallest absolute Gasteiger partial charge is 0.409 e. The van der Waals surface area contributed by atoms with E-state index in [0.717, 1.165) is 38.0 Å². The van der Waals surface area contributed by atoms with Gasteiger partial charge in [0.25, 0.3) is 12.4 Å². The summed E-state index contributed by atoms with van der Waals surface area (Å²) in [6.45, 7) is 5.63. The first-order valence-corrected chi connectivity index (χ1v) is 17.9. The first kappa shape index (κ1) is 35.5. The van der Waals surface area contributed by atoms with Crippen molar-refractivity contribution < 1.29 is 32.6 Å². The number of sulfonamides is 1. The Labute approximate surface area is 286 Å². The van der Waals surface area contributed by atoms with E-state index in [2.05, 4.69) is 39.2 Å². The van der Waals surface area contributed by atoms with Crippen LogP contribution in [-0.4, -0.2) is 80.6 Å². The van der Waals surface area contributed by atoms with Crippen LogP contribution in [0.1, 0.15) is 46.3 Å². The van der Waals surface area contributed by atoms with Crippen molar-refractivity contribution in [2.75, 3.05) is 38.1 Å². The highest BCUT2D eigenvalue weighted by atomic mass is 32.2. The molecular formula is C37H42N4O7S. The molecule has 0 spiro atoms. The lowest BCUT2D eigenvalue weighted by atomic mass is 10.00. The summed E-state index contributed by atoms with van der Waals surface area (Å²) in [7, 11) is -3.88. The van der Waals surface area contributed by atoms with E-state index in [1.54, 1.807) is 35.2 Å². The van der Waals surface area contributed by atoms with Crippen LogP contribution in [0.5, 0.6) is 0 Å². The van der Waals surface area contributed by atoms with Crippen LogP contribution in [0.4, 0.5) is 10.5 Å². The average Bonchev–Trinajstić information content (AvgIpc) is 3.10. The monoisotopic (exact) mass is 686 g/mol. The zero-order chi connectivity index (χ0) is 34.8. The van der Waals surface area contributed by atoms with Crippen LogP contribution in [0.15, 0.2) is 89.8 Å². The Morgan fingerprint density at radius 1 is 0.898 bits per heavy atom. The predicted octanol–water partition coefficient (Wildman–Crippen LogP) is 5.43. The standard InChI is InChI=1S/C36H40N4O5S.CH2O2/c1-26-9-2-5-12-30(26)35(41)37-33-15-16-34(32-14-7-6-13-31(32)33)46(43,44)38-29-18-22-40(23-19-29)36(42)45-24-8-20-39-21-17-27-10-3-4-11-28(27)25-39;2-1-3/h2-7,9-16,29,38H,8,17-25H2,1H3,(H,37,41);1H,(H,2,3). The third kappa shape index (κ3) is 9.02. The number of anilines is 1. The van der Waals surface area contributed by atoms with Crippen LogP contribution < -0.4 is 10.0 Å². The fourth-order valence-electron chi connectivity index (χ4n) is 6.38. The quantitative estimate of drug-likeness (QED) is 0.156. The topological polar surface area (TPSA) is 145 Å². The fourth-order valence-corrected chi connectivity index (χ4v) is 7.90. The Hall–Kier alpha value is -4.78. The first-order valence-electron chi connectivity index (χ1n) is 16.4. The summed E-state index contributed by atoms with van der Waals surface area (Å²) >= 11 is 0. The highest BCUT2D eigenvalue weighted by Gasteiger charge is 2.29. The number of hydrogen-bond acceptors (Lipinski definition) is 7. The zero-order valence-corrected chi connectivity index (χ0v) is 28.3. The van der Waals surface area contributed by atoms with E-state index in [1.807, 2.05) is 31.2 Å². The maximum Gasteiger partial charge on any atom is 0.409 e. The molecule has 49 heavy (non-hydrogen) atoms. The third-order valence-corrected chi connectivity index (χ3v) is 10.5. The number of aryl methyl sites for hydroxylation is 1. The van der Waals surface area contributed by atoms with Crippen molar-refractivity contribution in [1.29, 1.82) is 0 Å². The third-order valence-electron chi connectivity index (χ3n) is 8.94. The first-order chi connectivity index (χ1) is 23.7. The van der Waals surface area contributed by atoms with Crippen LogP contribution in [0, 0.1) is 6.92 Å². The van der Waals surface area contributed by atoms with E-state index in [9.17, 15) is 18.0 Å². The number of hydrogen-bond donors (Lipinski definition) is 3. The Balaban J connectivity index is 0.00000151. The largest absolute Gasteiger partial charge is 0.483 e. The molecule has 258 valence electrons. The summed E-state index contributed by atoms with van der Waals surface area (Å²) in [6, 6.07) is 25.9. The molecule has 1 fully saturated rings. The Morgan fingerprint density at radius 3 is 2.29 bits per heavy atom. The number of amides is 2. The second-order valence-corrected chi connectivity index (χ2v) is 13.9. The molecule has 4 aromatic rings. The van der Waals surface area contributed by atoms with E-state index in [0.29, 0.717) is 54.6 Å². The van der Waals surface area contributed by atoms with E-state index < -0.39 is 10.0 Å². The van der Waals surface area contributed by atoms with Crippen LogP contribution in [0.2, 0.25) is 0 Å². The molecule has 0 unspecified atom stereocenters. The molecular weight excluding hydrogens is 644 g/mol. The van der Waals surface area contributed by atoms with Gasteiger partial charge in [-0.05, 0) is 67.5 Å². The molecule has 0 radical (unpaired) electrons. The summed E-state index contributed by atoms with van der Waals surface area (Å²) in [5, 5.41) is 11.0. The molecule has 12 heteroatoms. The fraction of sp³-hybridized carbons (Fsp3) is 0.324. The van der Waals surface area contributed by atoms with Gasteiger partial charge in [-0.1, -0.05) is 66.7 Å². The number of carbonyl (C=O) groups is 3. The summed E-state index contributed by atoms with van der Waals surface area (Å²) in [5.41, 5.74) is 4.74. The predicted molar refractivity (Wildman–Crippen MR) is 188 cm³/mol. The zero-order valence-electron chi connectivity index (χ0n) is 27.5. The van der Waals surface area contributed by atoms with Crippen molar-refractivity contribution in [1.82, 2.24) is 14.5 Å². The second kappa shape index (κ2) is 16.6. The minimum atomic E-state index is -3.88. The molecule has 0 aromatic heterocycles. The SMILES string of the molecule is Cc1ccccc1C(=O)Nc1ccc(S(=O)(=O)NC2CCN(C(=O)OCCCN3CCc4ccccc4C3)CC2)c2ccccc12.O=CO. The number of carboxylic acid groups (broad SMARTS) is 1. The Bertz CT molecular complexity index is 1890. The van der Waals surface area contributed by atoms with Crippen molar-refractivity contribution in [3.8, 4) is 0 Å². The van der Waals surface area contributed by atoms with Gasteiger partial charge in [0.05, 0.1) is 11.5 Å². The average molecular weight is 687 g/mol. The van der Waals surface area contributed by atoms with Gasteiger partial charge in [-0.3, -0.25) is 14.5 Å². The number of rotatable bonds is 9. The summed E-state index contributed by atoms with van der Waals surface area (Å²) in [4.78, 5) is 38.3. The van der Waals surface area contributed by atoms with Crippen molar-refractivity contribution in [3.63, 3.8) is 0 Å². The normalized spacial score (nSPS) is 15.1. The lowest BCUT2D eigenvalue weighted by molar-refractivity contribution is -0.122. The molecule has 11 nitrogen and oxygen atoms in total. The molecule has 0 atom stereocenters. The number of likely N-dealkylation sites (tertiary alicyclic amines) is 1. The van der Waals surface area contributed by atoms with Crippen LogP contribution >= 0.6 is 0 Å². The summed E-state index contributed by atoms with van der Waals surface area (Å²) < 4.78 is 35.6. The number of piperidine rings is 1. The summed E-state index contributed by atoms with van der Waals surface area (Å²) in [5.74, 6) is -0.254. The molecule has 2 aliphatic heterocycles. The van der Waals surface area contributed by atoms with Crippen molar-refractivity contribution >= 4 is 45.0 Å². The molecule has 1 saturated heterocycles.